The van der Waals surface area contributed by atoms with Crippen molar-refractivity contribution in [2.45, 2.75) is 19.8 Å². The first-order valence-electron chi connectivity index (χ1n) is 4.59. The minimum atomic E-state index is 0.440. The van der Waals surface area contributed by atoms with Crippen LogP contribution in [0.4, 0.5) is 0 Å². The van der Waals surface area contributed by atoms with Crippen LogP contribution in [-0.4, -0.2) is 9.97 Å². The van der Waals surface area contributed by atoms with Crippen LogP contribution in [0, 0.1) is 0 Å². The molecule has 72 valence electrons. The van der Waals surface area contributed by atoms with Crippen LogP contribution in [0.15, 0.2) is 24.4 Å². The summed E-state index contributed by atoms with van der Waals surface area (Å²) < 4.78 is 0. The maximum atomic E-state index is 5.78. The van der Waals surface area contributed by atoms with Crippen LogP contribution >= 0.6 is 11.6 Å². The van der Waals surface area contributed by atoms with Gasteiger partial charge < -0.3 is 0 Å². The van der Waals surface area contributed by atoms with Gasteiger partial charge in [-0.25, -0.2) is 4.98 Å². The Bertz CT molecular complexity index is 466. The van der Waals surface area contributed by atoms with Gasteiger partial charge in [-0.2, -0.15) is 0 Å². The number of fused-ring (bicyclic) bond motifs is 1. The lowest BCUT2D eigenvalue weighted by atomic mass is 10.1. The average Bonchev–Trinajstić information content (AvgIpc) is 2.16. The van der Waals surface area contributed by atoms with Crippen LogP contribution in [0.2, 0.25) is 5.15 Å². The van der Waals surface area contributed by atoms with Crippen molar-refractivity contribution < 1.29 is 0 Å². The molecule has 0 aromatic carbocycles. The lowest BCUT2D eigenvalue weighted by Crippen LogP contribution is -1.92. The molecule has 0 spiro atoms. The topological polar surface area (TPSA) is 25.8 Å². The van der Waals surface area contributed by atoms with E-state index in [1.165, 1.54) is 0 Å². The van der Waals surface area contributed by atoms with E-state index in [-0.39, 0.29) is 0 Å². The summed E-state index contributed by atoms with van der Waals surface area (Å²) in [6, 6.07) is 5.83. The molecule has 0 radical (unpaired) electrons. The van der Waals surface area contributed by atoms with E-state index in [4.69, 9.17) is 11.6 Å². The lowest BCUT2D eigenvalue weighted by Gasteiger charge is -2.05. The number of aromatic nitrogens is 2. The fourth-order valence-corrected chi connectivity index (χ4v) is 1.49. The highest BCUT2D eigenvalue weighted by Gasteiger charge is 2.03. The maximum absolute atomic E-state index is 5.78. The second-order valence-electron chi connectivity index (χ2n) is 3.59. The standard InChI is InChI=1S/C11H11ClN2/c1-7(2)9-5-8-3-4-11(12)14-10(8)6-13-9/h3-7H,1-2H3. The third-order valence-electron chi connectivity index (χ3n) is 2.15. The van der Waals surface area contributed by atoms with Crippen molar-refractivity contribution in [3.8, 4) is 0 Å². The van der Waals surface area contributed by atoms with Gasteiger partial charge in [-0.1, -0.05) is 25.4 Å². The summed E-state index contributed by atoms with van der Waals surface area (Å²) >= 11 is 5.78. The van der Waals surface area contributed by atoms with E-state index < -0.39 is 0 Å². The Morgan fingerprint density at radius 2 is 2.07 bits per heavy atom. The van der Waals surface area contributed by atoms with Crippen LogP contribution in [0.5, 0.6) is 0 Å². The van der Waals surface area contributed by atoms with Crippen LogP contribution in [0.3, 0.4) is 0 Å². The molecule has 2 nitrogen and oxygen atoms in total. The largest absolute Gasteiger partial charge is 0.259 e. The molecule has 2 aromatic heterocycles. The molecule has 0 aliphatic carbocycles. The fourth-order valence-electron chi connectivity index (χ4n) is 1.33. The van der Waals surface area contributed by atoms with E-state index >= 15 is 0 Å². The van der Waals surface area contributed by atoms with Gasteiger partial charge >= 0.3 is 0 Å². The molecule has 0 saturated heterocycles. The Hall–Kier alpha value is -1.15. The zero-order valence-electron chi connectivity index (χ0n) is 8.16. The Morgan fingerprint density at radius 3 is 2.79 bits per heavy atom. The summed E-state index contributed by atoms with van der Waals surface area (Å²) in [7, 11) is 0. The first kappa shape index (κ1) is 9.41. The second-order valence-corrected chi connectivity index (χ2v) is 3.98. The monoisotopic (exact) mass is 206 g/mol. The van der Waals surface area contributed by atoms with Crippen molar-refractivity contribution >= 4 is 22.5 Å². The third-order valence-corrected chi connectivity index (χ3v) is 2.36. The fraction of sp³-hybridized carbons (Fsp3) is 0.273. The Kier molecular flexibility index (Phi) is 2.38. The molecule has 0 atom stereocenters. The van der Waals surface area contributed by atoms with Crippen molar-refractivity contribution in [2.24, 2.45) is 0 Å². The molecule has 2 aromatic rings. The van der Waals surface area contributed by atoms with Gasteiger partial charge in [0.1, 0.15) is 5.15 Å². The van der Waals surface area contributed by atoms with Crippen LogP contribution in [0.1, 0.15) is 25.5 Å². The molecule has 0 aliphatic rings. The van der Waals surface area contributed by atoms with Crippen molar-refractivity contribution in [1.82, 2.24) is 9.97 Å². The minimum Gasteiger partial charge on any atom is -0.259 e. The number of halogens is 1. The van der Waals surface area contributed by atoms with Gasteiger partial charge in [-0.05, 0) is 24.1 Å². The molecular formula is C11H11ClN2. The number of hydrogen-bond donors (Lipinski definition) is 0. The smallest absolute Gasteiger partial charge is 0.129 e. The number of pyridine rings is 2. The average molecular weight is 207 g/mol. The number of hydrogen-bond acceptors (Lipinski definition) is 2. The summed E-state index contributed by atoms with van der Waals surface area (Å²) in [6.45, 7) is 4.25. The van der Waals surface area contributed by atoms with Crippen molar-refractivity contribution in [3.05, 3.63) is 35.2 Å². The van der Waals surface area contributed by atoms with E-state index in [2.05, 4.69) is 29.9 Å². The van der Waals surface area contributed by atoms with E-state index in [0.717, 1.165) is 16.6 Å². The third kappa shape index (κ3) is 1.70. The normalized spacial score (nSPS) is 11.1. The molecule has 14 heavy (non-hydrogen) atoms. The molecule has 0 bridgehead atoms. The summed E-state index contributed by atoms with van der Waals surface area (Å²) in [6.07, 6.45) is 1.77. The quantitative estimate of drug-likeness (QED) is 0.669. The van der Waals surface area contributed by atoms with Crippen LogP contribution in [-0.2, 0) is 0 Å². The van der Waals surface area contributed by atoms with E-state index in [1.807, 2.05) is 6.07 Å². The molecule has 0 fully saturated rings. The zero-order chi connectivity index (χ0) is 10.1. The lowest BCUT2D eigenvalue weighted by molar-refractivity contribution is 0.826. The highest BCUT2D eigenvalue weighted by atomic mass is 35.5. The van der Waals surface area contributed by atoms with Gasteiger partial charge in [-0.15, -0.1) is 0 Å². The Labute approximate surface area is 88.0 Å². The van der Waals surface area contributed by atoms with Gasteiger partial charge in [0.15, 0.2) is 0 Å². The highest BCUT2D eigenvalue weighted by Crippen LogP contribution is 2.19. The maximum Gasteiger partial charge on any atom is 0.129 e. The van der Waals surface area contributed by atoms with Crippen molar-refractivity contribution in [3.63, 3.8) is 0 Å². The van der Waals surface area contributed by atoms with Gasteiger partial charge in [0, 0.05) is 11.1 Å². The van der Waals surface area contributed by atoms with Gasteiger partial charge in [-0.3, -0.25) is 4.98 Å². The molecule has 2 heterocycles. The Balaban J connectivity index is 2.62. The van der Waals surface area contributed by atoms with Gasteiger partial charge in [0.05, 0.1) is 11.7 Å². The minimum absolute atomic E-state index is 0.440. The molecule has 0 aliphatic heterocycles. The predicted octanol–water partition coefficient (Wildman–Crippen LogP) is 3.41. The van der Waals surface area contributed by atoms with E-state index in [1.54, 1.807) is 12.3 Å². The van der Waals surface area contributed by atoms with Gasteiger partial charge in [0.2, 0.25) is 0 Å². The van der Waals surface area contributed by atoms with E-state index in [9.17, 15) is 0 Å². The van der Waals surface area contributed by atoms with Crippen molar-refractivity contribution in [1.29, 1.82) is 0 Å². The summed E-state index contributed by atoms with van der Waals surface area (Å²) in [5.41, 5.74) is 1.93. The first-order valence-corrected chi connectivity index (χ1v) is 4.97. The Morgan fingerprint density at radius 1 is 1.29 bits per heavy atom. The highest BCUT2D eigenvalue weighted by molar-refractivity contribution is 6.29. The first-order chi connectivity index (χ1) is 6.66. The molecule has 0 saturated carbocycles. The SMILES string of the molecule is CC(C)c1cc2ccc(Cl)nc2cn1. The summed E-state index contributed by atoms with van der Waals surface area (Å²) in [5.74, 6) is 0.440. The molecule has 0 N–H and O–H groups in total. The molecule has 0 unspecified atom stereocenters. The van der Waals surface area contributed by atoms with Gasteiger partial charge in [0.25, 0.3) is 0 Å². The molecule has 0 amide bonds. The zero-order valence-corrected chi connectivity index (χ0v) is 8.92. The molecule has 2 rings (SSSR count). The second kappa shape index (κ2) is 3.54. The van der Waals surface area contributed by atoms with E-state index in [0.29, 0.717) is 11.1 Å². The predicted molar refractivity (Wildman–Crippen MR) is 58.6 cm³/mol. The summed E-state index contributed by atoms with van der Waals surface area (Å²) in [5, 5.41) is 1.60. The van der Waals surface area contributed by atoms with Crippen LogP contribution < -0.4 is 0 Å². The van der Waals surface area contributed by atoms with Crippen LogP contribution in [0.25, 0.3) is 10.9 Å². The van der Waals surface area contributed by atoms with Crippen molar-refractivity contribution in [2.75, 3.05) is 0 Å². The number of nitrogens with zero attached hydrogens (tertiary/aromatic N) is 2. The summed E-state index contributed by atoms with van der Waals surface area (Å²) in [4.78, 5) is 8.51. The molecular weight excluding hydrogens is 196 g/mol. The molecule has 3 heteroatoms. The number of rotatable bonds is 1.